The summed E-state index contributed by atoms with van der Waals surface area (Å²) in [6, 6.07) is 9.27. The lowest BCUT2D eigenvalue weighted by Crippen LogP contribution is -2.26. The van der Waals surface area contributed by atoms with Crippen molar-refractivity contribution < 1.29 is 13.2 Å². The van der Waals surface area contributed by atoms with Crippen LogP contribution in [0.15, 0.2) is 47.5 Å². The third-order valence-electron chi connectivity index (χ3n) is 3.00. The lowest BCUT2D eigenvalue weighted by Gasteiger charge is -2.21. The van der Waals surface area contributed by atoms with Crippen LogP contribution in [0.25, 0.3) is 0 Å². The predicted molar refractivity (Wildman–Crippen MR) is 99.2 cm³/mol. The molecule has 0 saturated carbocycles. The summed E-state index contributed by atoms with van der Waals surface area (Å²) < 4.78 is 27.3. The minimum Gasteiger partial charge on any atom is -0.365 e. The Balaban J connectivity index is 2.11. The van der Waals surface area contributed by atoms with Gasteiger partial charge < -0.3 is 10.6 Å². The fourth-order valence-electron chi connectivity index (χ4n) is 2.05. The topological polar surface area (TPSA) is 100 Å². The van der Waals surface area contributed by atoms with Crippen molar-refractivity contribution in [2.45, 2.75) is 38.1 Å². The molecule has 1 amide bonds. The second-order valence-electron chi connectivity index (χ2n) is 6.62. The molecule has 0 aliphatic rings. The number of nitrogens with zero attached hydrogens (tertiary/aromatic N) is 1. The molecule has 0 bridgehead atoms. The number of hydrogen-bond donors (Lipinski definition) is 3. The maximum atomic E-state index is 12.4. The van der Waals surface area contributed by atoms with Crippen molar-refractivity contribution in [1.29, 1.82) is 0 Å². The largest absolute Gasteiger partial charge is 0.365 e. The van der Waals surface area contributed by atoms with Crippen LogP contribution < -0.4 is 15.4 Å². The van der Waals surface area contributed by atoms with Crippen LogP contribution >= 0.6 is 0 Å². The minimum absolute atomic E-state index is 0.0958. The van der Waals surface area contributed by atoms with Crippen molar-refractivity contribution in [2.75, 3.05) is 15.4 Å². The van der Waals surface area contributed by atoms with Gasteiger partial charge in [0.05, 0.1) is 16.8 Å². The van der Waals surface area contributed by atoms with Gasteiger partial charge in [-0.2, -0.15) is 0 Å². The molecule has 1 aromatic heterocycles. The number of hydrogen-bond acceptors (Lipinski definition) is 5. The third kappa shape index (κ3) is 5.75. The molecule has 1 heterocycles. The van der Waals surface area contributed by atoms with Crippen LogP contribution in [0.3, 0.4) is 0 Å². The number of carbonyl (C=O) groups is 1. The summed E-state index contributed by atoms with van der Waals surface area (Å²) in [4.78, 5) is 15.3. The van der Waals surface area contributed by atoms with Gasteiger partial charge >= 0.3 is 0 Å². The van der Waals surface area contributed by atoms with E-state index in [0.29, 0.717) is 17.2 Å². The number of aromatic nitrogens is 1. The summed E-state index contributed by atoms with van der Waals surface area (Å²) in [6.45, 7) is 7.42. The average molecular weight is 362 g/mol. The number of benzene rings is 1. The Labute approximate surface area is 147 Å². The Morgan fingerprint density at radius 1 is 1.00 bits per heavy atom. The summed E-state index contributed by atoms with van der Waals surface area (Å²) in [7, 11) is -3.73. The number of rotatable bonds is 5. The maximum absolute atomic E-state index is 12.4. The van der Waals surface area contributed by atoms with Crippen LogP contribution in [-0.2, 0) is 14.8 Å². The Kier molecular flexibility index (Phi) is 5.32. The summed E-state index contributed by atoms with van der Waals surface area (Å²) in [5, 5.41) is 5.79. The van der Waals surface area contributed by atoms with Crippen molar-refractivity contribution in [2.24, 2.45) is 0 Å². The number of anilines is 3. The third-order valence-corrected chi connectivity index (χ3v) is 4.40. The van der Waals surface area contributed by atoms with E-state index in [4.69, 9.17) is 0 Å². The SMILES string of the molecule is CC(=O)Nc1ccc(S(=O)(=O)Nc2ccc(NC(C)(C)C)nc2)cc1. The van der Waals surface area contributed by atoms with Gasteiger partial charge in [-0.05, 0) is 57.2 Å². The minimum atomic E-state index is -3.73. The lowest BCUT2D eigenvalue weighted by molar-refractivity contribution is -0.114. The van der Waals surface area contributed by atoms with Crippen molar-refractivity contribution in [3.8, 4) is 0 Å². The van der Waals surface area contributed by atoms with Gasteiger partial charge in [0, 0.05) is 18.2 Å². The zero-order chi connectivity index (χ0) is 18.7. The van der Waals surface area contributed by atoms with E-state index in [-0.39, 0.29) is 16.3 Å². The van der Waals surface area contributed by atoms with Gasteiger partial charge in [-0.1, -0.05) is 0 Å². The molecule has 1 aromatic carbocycles. The smallest absolute Gasteiger partial charge is 0.261 e. The number of carbonyl (C=O) groups excluding carboxylic acids is 1. The number of sulfonamides is 1. The molecule has 0 aliphatic carbocycles. The molecule has 3 N–H and O–H groups in total. The zero-order valence-corrected chi connectivity index (χ0v) is 15.4. The van der Waals surface area contributed by atoms with Gasteiger partial charge in [-0.25, -0.2) is 13.4 Å². The molecule has 0 spiro atoms. The number of amides is 1. The average Bonchev–Trinajstić information content (AvgIpc) is 2.47. The molecule has 0 unspecified atom stereocenters. The lowest BCUT2D eigenvalue weighted by atomic mass is 10.1. The monoisotopic (exact) mass is 362 g/mol. The molecule has 0 aliphatic heterocycles. The van der Waals surface area contributed by atoms with Crippen molar-refractivity contribution >= 4 is 33.1 Å². The molecular formula is C17H22N4O3S. The molecule has 0 radical (unpaired) electrons. The summed E-state index contributed by atoms with van der Waals surface area (Å²) >= 11 is 0. The van der Waals surface area contributed by atoms with E-state index < -0.39 is 10.0 Å². The molecule has 0 fully saturated rings. The number of nitrogens with one attached hydrogen (secondary N) is 3. The molecular weight excluding hydrogens is 340 g/mol. The van der Waals surface area contributed by atoms with E-state index >= 15 is 0 Å². The first-order chi connectivity index (χ1) is 11.5. The fourth-order valence-corrected chi connectivity index (χ4v) is 3.09. The van der Waals surface area contributed by atoms with Crippen molar-refractivity contribution in [1.82, 2.24) is 4.98 Å². The first-order valence-electron chi connectivity index (χ1n) is 7.70. The van der Waals surface area contributed by atoms with E-state index in [9.17, 15) is 13.2 Å². The Morgan fingerprint density at radius 2 is 1.60 bits per heavy atom. The van der Waals surface area contributed by atoms with Crippen LogP contribution in [0.2, 0.25) is 0 Å². The van der Waals surface area contributed by atoms with Gasteiger partial charge in [0.25, 0.3) is 10.0 Å². The molecule has 134 valence electrons. The summed E-state index contributed by atoms with van der Waals surface area (Å²) in [5.41, 5.74) is 0.764. The van der Waals surface area contributed by atoms with Crippen molar-refractivity contribution in [3.05, 3.63) is 42.6 Å². The second kappa shape index (κ2) is 7.10. The quantitative estimate of drug-likeness (QED) is 0.759. The molecule has 7 nitrogen and oxygen atoms in total. The molecule has 2 rings (SSSR count). The van der Waals surface area contributed by atoms with E-state index in [1.54, 1.807) is 12.1 Å². The van der Waals surface area contributed by atoms with Gasteiger partial charge in [0.15, 0.2) is 0 Å². The Morgan fingerprint density at radius 3 is 2.08 bits per heavy atom. The van der Waals surface area contributed by atoms with E-state index in [1.807, 2.05) is 20.8 Å². The maximum Gasteiger partial charge on any atom is 0.261 e. The van der Waals surface area contributed by atoms with Crippen LogP contribution in [0.1, 0.15) is 27.7 Å². The van der Waals surface area contributed by atoms with Gasteiger partial charge in [0.2, 0.25) is 5.91 Å². The highest BCUT2D eigenvalue weighted by Crippen LogP contribution is 2.19. The molecule has 0 atom stereocenters. The van der Waals surface area contributed by atoms with Gasteiger partial charge in [0.1, 0.15) is 5.82 Å². The summed E-state index contributed by atoms with van der Waals surface area (Å²) in [6.07, 6.45) is 1.46. The highest BCUT2D eigenvalue weighted by molar-refractivity contribution is 7.92. The van der Waals surface area contributed by atoms with Crippen LogP contribution in [0.5, 0.6) is 0 Å². The Hall–Kier alpha value is -2.61. The highest BCUT2D eigenvalue weighted by atomic mass is 32.2. The van der Waals surface area contributed by atoms with Gasteiger partial charge in [-0.15, -0.1) is 0 Å². The molecule has 0 saturated heterocycles. The van der Waals surface area contributed by atoms with E-state index in [1.165, 1.54) is 37.4 Å². The van der Waals surface area contributed by atoms with E-state index in [2.05, 4.69) is 20.3 Å². The van der Waals surface area contributed by atoms with Crippen LogP contribution in [0.4, 0.5) is 17.2 Å². The van der Waals surface area contributed by atoms with Crippen LogP contribution in [0, 0.1) is 0 Å². The van der Waals surface area contributed by atoms with Crippen LogP contribution in [-0.4, -0.2) is 24.8 Å². The molecule has 2 aromatic rings. The van der Waals surface area contributed by atoms with E-state index in [0.717, 1.165) is 0 Å². The zero-order valence-electron chi connectivity index (χ0n) is 14.6. The summed E-state index contributed by atoms with van der Waals surface area (Å²) in [5.74, 6) is 0.443. The normalized spacial score (nSPS) is 11.7. The highest BCUT2D eigenvalue weighted by Gasteiger charge is 2.15. The number of pyridine rings is 1. The second-order valence-corrected chi connectivity index (χ2v) is 8.30. The fraction of sp³-hybridized carbons (Fsp3) is 0.294. The van der Waals surface area contributed by atoms with Crippen molar-refractivity contribution in [3.63, 3.8) is 0 Å². The molecule has 8 heteroatoms. The first-order valence-corrected chi connectivity index (χ1v) is 9.18. The molecule has 25 heavy (non-hydrogen) atoms. The standard InChI is InChI=1S/C17H22N4O3S/c1-12(22)19-13-5-8-15(9-6-13)25(23,24)21-14-7-10-16(18-11-14)20-17(2,3)4/h5-11,21H,1-4H3,(H,18,20)(H,19,22). The predicted octanol–water partition coefficient (Wildman–Crippen LogP) is 3.05. The van der Waals surface area contributed by atoms with Gasteiger partial charge in [-0.3, -0.25) is 9.52 Å². The first kappa shape index (κ1) is 18.7. The Bertz CT molecular complexity index is 839.